The van der Waals surface area contributed by atoms with Gasteiger partial charge in [0, 0.05) is 25.1 Å². The number of aliphatic hydroxyl groups excluding tert-OH is 1. The molecule has 0 aliphatic carbocycles. The fraction of sp³-hybridized carbons (Fsp3) is 0.231. The predicted molar refractivity (Wildman–Crippen MR) is 128 cm³/mol. The second kappa shape index (κ2) is 10.1. The minimum absolute atomic E-state index is 0.0311. The van der Waals surface area contributed by atoms with Gasteiger partial charge in [0.15, 0.2) is 5.79 Å². The summed E-state index contributed by atoms with van der Waals surface area (Å²) in [6.07, 6.45) is -0.256. The van der Waals surface area contributed by atoms with Crippen molar-refractivity contribution in [2.75, 3.05) is 13.2 Å². The minimum atomic E-state index is -2.16. The maximum absolute atomic E-state index is 12.6. The van der Waals surface area contributed by atoms with E-state index in [2.05, 4.69) is 0 Å². The van der Waals surface area contributed by atoms with Crippen LogP contribution in [0.25, 0.3) is 11.1 Å². The van der Waals surface area contributed by atoms with Crippen LogP contribution in [-0.2, 0) is 13.2 Å². The van der Waals surface area contributed by atoms with E-state index in [1.165, 1.54) is 11.0 Å². The van der Waals surface area contributed by atoms with Gasteiger partial charge in [-0.2, -0.15) is 0 Å². The number of nitrogens with zero attached hydrogens (tertiary/aromatic N) is 1. The smallest absolute Gasteiger partial charge is 0.337 e. The molecule has 0 unspecified atom stereocenters. The van der Waals surface area contributed by atoms with Crippen LogP contribution < -0.4 is 4.74 Å². The molecule has 0 spiro atoms. The van der Waals surface area contributed by atoms with Gasteiger partial charge in [0.2, 0.25) is 0 Å². The molecule has 3 aromatic rings. The SMILES string of the molecule is O=C(O)c1cc(-c2cccc(COc3ccc4c(c3)CN(CC(O)(O)CCO)C4=O)c2)ccc1Cl. The van der Waals surface area contributed by atoms with Crippen molar-refractivity contribution in [2.24, 2.45) is 0 Å². The summed E-state index contributed by atoms with van der Waals surface area (Å²) in [5.41, 5.74) is 3.61. The quantitative estimate of drug-likeness (QED) is 0.334. The Labute approximate surface area is 206 Å². The summed E-state index contributed by atoms with van der Waals surface area (Å²) in [6, 6.07) is 17.4. The second-order valence-corrected chi connectivity index (χ2v) is 8.83. The number of hydrogen-bond donors (Lipinski definition) is 4. The van der Waals surface area contributed by atoms with Crippen LogP contribution in [0.1, 0.15) is 38.3 Å². The summed E-state index contributed by atoms with van der Waals surface area (Å²) in [4.78, 5) is 25.3. The van der Waals surface area contributed by atoms with Gasteiger partial charge in [-0.3, -0.25) is 4.79 Å². The summed E-state index contributed by atoms with van der Waals surface area (Å²) < 4.78 is 5.92. The molecule has 0 bridgehead atoms. The van der Waals surface area contributed by atoms with Gasteiger partial charge in [-0.1, -0.05) is 35.9 Å². The van der Waals surface area contributed by atoms with Crippen LogP contribution in [0, 0.1) is 0 Å². The highest BCUT2D eigenvalue weighted by Crippen LogP contribution is 2.29. The monoisotopic (exact) mass is 497 g/mol. The molecular formula is C26H24ClNO7. The van der Waals surface area contributed by atoms with Gasteiger partial charge in [0.05, 0.1) is 17.1 Å². The summed E-state index contributed by atoms with van der Waals surface area (Å²) >= 11 is 5.97. The number of hydrogen-bond acceptors (Lipinski definition) is 6. The van der Waals surface area contributed by atoms with Crippen LogP contribution >= 0.6 is 11.6 Å². The Morgan fingerprint density at radius 3 is 2.57 bits per heavy atom. The van der Waals surface area contributed by atoms with E-state index in [4.69, 9.17) is 21.4 Å². The normalized spacial score (nSPS) is 13.1. The Morgan fingerprint density at radius 1 is 1.06 bits per heavy atom. The van der Waals surface area contributed by atoms with E-state index >= 15 is 0 Å². The lowest BCUT2D eigenvalue weighted by molar-refractivity contribution is -0.179. The highest BCUT2D eigenvalue weighted by molar-refractivity contribution is 6.33. The van der Waals surface area contributed by atoms with Crippen molar-refractivity contribution < 1.29 is 34.8 Å². The number of benzene rings is 3. The number of carboxylic acid groups (broad SMARTS) is 1. The van der Waals surface area contributed by atoms with Gasteiger partial charge in [-0.05, 0) is 58.7 Å². The van der Waals surface area contributed by atoms with Crippen molar-refractivity contribution in [1.29, 1.82) is 0 Å². The summed E-state index contributed by atoms with van der Waals surface area (Å²) in [7, 11) is 0. The molecule has 9 heteroatoms. The van der Waals surface area contributed by atoms with Gasteiger partial charge >= 0.3 is 5.97 Å². The first-order valence-corrected chi connectivity index (χ1v) is 11.3. The van der Waals surface area contributed by atoms with E-state index in [0.29, 0.717) is 16.9 Å². The highest BCUT2D eigenvalue weighted by Gasteiger charge is 2.34. The molecule has 0 aromatic heterocycles. The predicted octanol–water partition coefficient (Wildman–Crippen LogP) is 3.30. The Bertz CT molecular complexity index is 1270. The van der Waals surface area contributed by atoms with Gasteiger partial charge in [-0.25, -0.2) is 4.79 Å². The topological polar surface area (TPSA) is 128 Å². The Hall–Kier alpha value is -3.43. The van der Waals surface area contributed by atoms with E-state index in [9.17, 15) is 24.9 Å². The maximum Gasteiger partial charge on any atom is 0.337 e. The first-order chi connectivity index (χ1) is 16.7. The van der Waals surface area contributed by atoms with E-state index in [0.717, 1.165) is 16.7 Å². The van der Waals surface area contributed by atoms with Gasteiger partial charge in [-0.15, -0.1) is 0 Å². The second-order valence-electron chi connectivity index (χ2n) is 8.43. The molecular weight excluding hydrogens is 474 g/mol. The lowest BCUT2D eigenvalue weighted by Gasteiger charge is -2.26. The number of fused-ring (bicyclic) bond motifs is 1. The third-order valence-electron chi connectivity index (χ3n) is 5.77. The molecule has 1 aliphatic heterocycles. The zero-order valence-electron chi connectivity index (χ0n) is 18.6. The molecule has 182 valence electrons. The number of halogens is 1. The fourth-order valence-electron chi connectivity index (χ4n) is 4.01. The van der Waals surface area contributed by atoms with Crippen molar-refractivity contribution in [3.05, 3.63) is 87.9 Å². The largest absolute Gasteiger partial charge is 0.489 e. The highest BCUT2D eigenvalue weighted by atomic mass is 35.5. The number of carbonyl (C=O) groups is 2. The zero-order valence-corrected chi connectivity index (χ0v) is 19.4. The van der Waals surface area contributed by atoms with Crippen LogP contribution in [0.15, 0.2) is 60.7 Å². The number of carbonyl (C=O) groups excluding carboxylic acids is 1. The number of rotatable bonds is 9. The van der Waals surface area contributed by atoms with Crippen LogP contribution in [0.4, 0.5) is 0 Å². The number of ether oxygens (including phenoxy) is 1. The van der Waals surface area contributed by atoms with Gasteiger partial charge < -0.3 is 30.1 Å². The summed E-state index contributed by atoms with van der Waals surface area (Å²) in [5, 5.41) is 38.3. The molecule has 0 radical (unpaired) electrons. The molecule has 0 saturated heterocycles. The van der Waals surface area contributed by atoms with Crippen LogP contribution in [0.2, 0.25) is 5.02 Å². The van der Waals surface area contributed by atoms with Crippen molar-refractivity contribution in [2.45, 2.75) is 25.4 Å². The van der Waals surface area contributed by atoms with Crippen molar-refractivity contribution in [3.63, 3.8) is 0 Å². The number of aromatic carboxylic acids is 1. The fourth-order valence-corrected chi connectivity index (χ4v) is 4.21. The number of carboxylic acids is 1. The van der Waals surface area contributed by atoms with Crippen molar-refractivity contribution in [3.8, 4) is 16.9 Å². The first kappa shape index (κ1) is 24.7. The van der Waals surface area contributed by atoms with Crippen LogP contribution in [-0.4, -0.2) is 56.1 Å². The molecule has 4 rings (SSSR count). The molecule has 3 aromatic carbocycles. The van der Waals surface area contributed by atoms with Gasteiger partial charge in [0.1, 0.15) is 12.4 Å². The molecule has 1 amide bonds. The zero-order chi connectivity index (χ0) is 25.2. The Balaban J connectivity index is 1.45. The molecule has 0 saturated carbocycles. The minimum Gasteiger partial charge on any atom is -0.489 e. The van der Waals surface area contributed by atoms with E-state index < -0.39 is 18.4 Å². The molecule has 1 aliphatic rings. The Kier molecular flexibility index (Phi) is 7.09. The first-order valence-electron chi connectivity index (χ1n) is 10.9. The number of amides is 1. The lowest BCUT2D eigenvalue weighted by Crippen LogP contribution is -2.43. The van der Waals surface area contributed by atoms with Gasteiger partial charge in [0.25, 0.3) is 5.91 Å². The molecule has 35 heavy (non-hydrogen) atoms. The Morgan fingerprint density at radius 2 is 1.83 bits per heavy atom. The third-order valence-corrected chi connectivity index (χ3v) is 6.10. The number of β-amino-alcohol motifs (C(OH)–C–C–N with tert-alkyl or cyclic N) is 2. The average Bonchev–Trinajstić information content (AvgIpc) is 3.11. The van der Waals surface area contributed by atoms with Crippen LogP contribution in [0.3, 0.4) is 0 Å². The third kappa shape index (κ3) is 5.63. The van der Waals surface area contributed by atoms with Crippen LogP contribution in [0.5, 0.6) is 5.75 Å². The molecule has 8 nitrogen and oxygen atoms in total. The molecule has 0 atom stereocenters. The summed E-state index contributed by atoms with van der Waals surface area (Å²) in [5.74, 6) is -3.01. The molecule has 1 heterocycles. The van der Waals surface area contributed by atoms with Crippen molar-refractivity contribution >= 4 is 23.5 Å². The molecule has 0 fully saturated rings. The number of aliphatic hydroxyl groups is 3. The lowest BCUT2D eigenvalue weighted by atomic mass is 10.0. The van der Waals surface area contributed by atoms with Crippen molar-refractivity contribution in [1.82, 2.24) is 4.90 Å². The van der Waals surface area contributed by atoms with E-state index in [1.807, 2.05) is 24.3 Å². The van der Waals surface area contributed by atoms with E-state index in [-0.39, 0.29) is 42.6 Å². The summed E-state index contributed by atoms with van der Waals surface area (Å²) in [6.45, 7) is -0.258. The molecule has 4 N–H and O–H groups in total. The maximum atomic E-state index is 12.6. The standard InChI is InChI=1S/C26H24ClNO7/c27-23-7-4-18(12-22(23)25(31)32)17-3-1-2-16(10-17)14-35-20-5-6-21-19(11-20)13-28(24(21)30)15-26(33,34)8-9-29/h1-7,10-12,29,33-34H,8-9,13-15H2,(H,31,32). The van der Waals surface area contributed by atoms with E-state index in [1.54, 1.807) is 30.3 Å². The average molecular weight is 498 g/mol.